The van der Waals surface area contributed by atoms with Gasteiger partial charge in [0.25, 0.3) is 0 Å². The average molecular weight is 286 g/mol. The lowest BCUT2D eigenvalue weighted by Gasteiger charge is -2.16. The van der Waals surface area contributed by atoms with Crippen molar-refractivity contribution in [2.75, 3.05) is 19.8 Å². The Bertz CT molecular complexity index is 171. The first-order valence-corrected chi connectivity index (χ1v) is 9.04. The van der Waals surface area contributed by atoms with Crippen LogP contribution < -0.4 is 0 Å². The van der Waals surface area contributed by atoms with Crippen molar-refractivity contribution in [1.82, 2.24) is 0 Å². The summed E-state index contributed by atoms with van der Waals surface area (Å²) in [6.07, 6.45) is 15.4. The van der Waals surface area contributed by atoms with Crippen LogP contribution in [0.5, 0.6) is 0 Å². The van der Waals surface area contributed by atoms with Gasteiger partial charge in [-0.3, -0.25) is 0 Å². The molecule has 122 valence electrons. The Morgan fingerprint density at radius 2 is 1.20 bits per heavy atom. The van der Waals surface area contributed by atoms with E-state index in [1.54, 1.807) is 0 Å². The molecule has 2 nitrogen and oxygen atoms in total. The predicted octanol–water partition coefficient (Wildman–Crippen LogP) is 5.74. The molecule has 0 saturated heterocycles. The second-order valence-corrected chi connectivity index (χ2v) is 5.71. The van der Waals surface area contributed by atoms with Crippen LogP contribution in [0.2, 0.25) is 0 Å². The summed E-state index contributed by atoms with van der Waals surface area (Å²) in [5.41, 5.74) is 0. The van der Waals surface area contributed by atoms with Crippen LogP contribution in [0.1, 0.15) is 91.4 Å². The molecule has 20 heavy (non-hydrogen) atoms. The van der Waals surface area contributed by atoms with Crippen molar-refractivity contribution in [1.29, 1.82) is 0 Å². The van der Waals surface area contributed by atoms with Gasteiger partial charge >= 0.3 is 0 Å². The SMILES string of the molecule is CCCCCCCCCCCCC(COCC)OCC. The topological polar surface area (TPSA) is 18.5 Å². The van der Waals surface area contributed by atoms with Crippen molar-refractivity contribution in [2.45, 2.75) is 97.5 Å². The van der Waals surface area contributed by atoms with E-state index in [1.807, 2.05) is 6.92 Å². The molecule has 0 heterocycles. The van der Waals surface area contributed by atoms with E-state index in [1.165, 1.54) is 64.2 Å². The zero-order valence-corrected chi connectivity index (χ0v) is 14.3. The lowest BCUT2D eigenvalue weighted by Crippen LogP contribution is -2.20. The van der Waals surface area contributed by atoms with Gasteiger partial charge < -0.3 is 9.47 Å². The molecule has 0 aromatic rings. The Balaban J connectivity index is 3.27. The van der Waals surface area contributed by atoms with E-state index in [0.717, 1.165) is 26.2 Å². The van der Waals surface area contributed by atoms with Crippen LogP contribution in [0.15, 0.2) is 0 Å². The molecule has 0 bridgehead atoms. The van der Waals surface area contributed by atoms with E-state index in [9.17, 15) is 0 Å². The maximum atomic E-state index is 5.70. The van der Waals surface area contributed by atoms with Gasteiger partial charge in [0.1, 0.15) is 0 Å². The molecule has 0 saturated carbocycles. The van der Waals surface area contributed by atoms with Gasteiger partial charge in [-0.25, -0.2) is 0 Å². The summed E-state index contributed by atoms with van der Waals surface area (Å²) >= 11 is 0. The highest BCUT2D eigenvalue weighted by molar-refractivity contribution is 4.58. The minimum Gasteiger partial charge on any atom is -0.379 e. The molecule has 0 amide bonds. The van der Waals surface area contributed by atoms with Gasteiger partial charge in [0, 0.05) is 13.2 Å². The fourth-order valence-electron chi connectivity index (χ4n) is 2.56. The smallest absolute Gasteiger partial charge is 0.0808 e. The average Bonchev–Trinajstić information content (AvgIpc) is 2.46. The van der Waals surface area contributed by atoms with E-state index < -0.39 is 0 Å². The molecule has 1 unspecified atom stereocenters. The summed E-state index contributed by atoms with van der Waals surface area (Å²) in [7, 11) is 0. The second-order valence-electron chi connectivity index (χ2n) is 5.71. The van der Waals surface area contributed by atoms with Crippen LogP contribution in [0, 0.1) is 0 Å². The van der Waals surface area contributed by atoms with Gasteiger partial charge in [-0.1, -0.05) is 71.1 Å². The van der Waals surface area contributed by atoms with Crippen LogP contribution in [-0.2, 0) is 9.47 Å². The highest BCUT2D eigenvalue weighted by Crippen LogP contribution is 2.13. The third kappa shape index (κ3) is 14.3. The highest BCUT2D eigenvalue weighted by atomic mass is 16.5. The summed E-state index contributed by atoms with van der Waals surface area (Å²) in [5.74, 6) is 0. The van der Waals surface area contributed by atoms with Crippen LogP contribution in [-0.4, -0.2) is 25.9 Å². The lowest BCUT2D eigenvalue weighted by atomic mass is 10.0. The molecule has 2 heteroatoms. The first-order chi connectivity index (χ1) is 9.85. The number of hydrogen-bond donors (Lipinski definition) is 0. The fourth-order valence-corrected chi connectivity index (χ4v) is 2.56. The molecule has 0 aliphatic heterocycles. The highest BCUT2D eigenvalue weighted by Gasteiger charge is 2.07. The summed E-state index contributed by atoms with van der Waals surface area (Å²) in [6.45, 7) is 8.75. The van der Waals surface area contributed by atoms with Gasteiger partial charge in [0.05, 0.1) is 12.7 Å². The Hall–Kier alpha value is -0.0800. The molecule has 0 fully saturated rings. The maximum Gasteiger partial charge on any atom is 0.0808 e. The third-order valence-corrected chi connectivity index (χ3v) is 3.79. The predicted molar refractivity (Wildman–Crippen MR) is 88.4 cm³/mol. The number of hydrogen-bond acceptors (Lipinski definition) is 2. The van der Waals surface area contributed by atoms with Crippen LogP contribution >= 0.6 is 0 Å². The van der Waals surface area contributed by atoms with Crippen molar-refractivity contribution >= 4 is 0 Å². The molecule has 0 aliphatic carbocycles. The largest absolute Gasteiger partial charge is 0.379 e. The van der Waals surface area contributed by atoms with Crippen molar-refractivity contribution in [2.24, 2.45) is 0 Å². The monoisotopic (exact) mass is 286 g/mol. The van der Waals surface area contributed by atoms with Gasteiger partial charge in [-0.15, -0.1) is 0 Å². The zero-order valence-electron chi connectivity index (χ0n) is 14.3. The van der Waals surface area contributed by atoms with E-state index in [4.69, 9.17) is 9.47 Å². The Labute approximate surface area is 127 Å². The molecule has 0 N–H and O–H groups in total. The molecule has 1 atom stereocenters. The Morgan fingerprint density at radius 3 is 1.70 bits per heavy atom. The molecular formula is C18H38O2. The summed E-state index contributed by atoms with van der Waals surface area (Å²) < 4.78 is 11.2. The molecule has 0 radical (unpaired) electrons. The normalized spacial score (nSPS) is 12.8. The van der Waals surface area contributed by atoms with E-state index >= 15 is 0 Å². The van der Waals surface area contributed by atoms with Crippen LogP contribution in [0.25, 0.3) is 0 Å². The van der Waals surface area contributed by atoms with Gasteiger partial charge in [0.15, 0.2) is 0 Å². The van der Waals surface area contributed by atoms with Crippen LogP contribution in [0.3, 0.4) is 0 Å². The van der Waals surface area contributed by atoms with E-state index in [2.05, 4.69) is 13.8 Å². The molecule has 0 aromatic carbocycles. The molecule has 0 aromatic heterocycles. The van der Waals surface area contributed by atoms with Crippen molar-refractivity contribution in [3.8, 4) is 0 Å². The lowest BCUT2D eigenvalue weighted by molar-refractivity contribution is -0.0135. The second kappa shape index (κ2) is 17.0. The molecule has 0 spiro atoms. The molecular weight excluding hydrogens is 248 g/mol. The van der Waals surface area contributed by atoms with Crippen molar-refractivity contribution < 1.29 is 9.47 Å². The van der Waals surface area contributed by atoms with Gasteiger partial charge in [0.2, 0.25) is 0 Å². The third-order valence-electron chi connectivity index (χ3n) is 3.79. The standard InChI is InChI=1S/C18H38O2/c1-4-7-8-9-10-11-12-13-14-15-16-18(20-6-3)17-19-5-2/h18H,4-17H2,1-3H3. The van der Waals surface area contributed by atoms with Crippen molar-refractivity contribution in [3.63, 3.8) is 0 Å². The minimum absolute atomic E-state index is 0.314. The zero-order chi connectivity index (χ0) is 14.9. The number of unbranched alkanes of at least 4 members (excludes halogenated alkanes) is 9. The first-order valence-electron chi connectivity index (χ1n) is 9.04. The number of rotatable bonds is 16. The maximum absolute atomic E-state index is 5.70. The van der Waals surface area contributed by atoms with Gasteiger partial charge in [-0.2, -0.15) is 0 Å². The summed E-state index contributed by atoms with van der Waals surface area (Å²) in [4.78, 5) is 0. The Kier molecular flexibility index (Phi) is 16.9. The Morgan fingerprint density at radius 1 is 0.650 bits per heavy atom. The molecule has 0 rings (SSSR count). The van der Waals surface area contributed by atoms with Gasteiger partial charge in [-0.05, 0) is 20.3 Å². The number of ether oxygens (including phenoxy) is 2. The first kappa shape index (κ1) is 19.9. The van der Waals surface area contributed by atoms with Crippen LogP contribution in [0.4, 0.5) is 0 Å². The fraction of sp³-hybridized carbons (Fsp3) is 1.00. The van der Waals surface area contributed by atoms with Crippen molar-refractivity contribution in [3.05, 3.63) is 0 Å². The van der Waals surface area contributed by atoms with E-state index in [0.29, 0.717) is 6.10 Å². The minimum atomic E-state index is 0.314. The quantitative estimate of drug-likeness (QED) is 0.337. The summed E-state index contributed by atoms with van der Waals surface area (Å²) in [5, 5.41) is 0. The summed E-state index contributed by atoms with van der Waals surface area (Å²) in [6, 6.07) is 0. The van der Waals surface area contributed by atoms with E-state index in [-0.39, 0.29) is 0 Å². The molecule has 0 aliphatic rings.